The number of likely N-dealkylation sites (tertiary alicyclic amines) is 1. The zero-order valence-corrected chi connectivity index (χ0v) is 37.6. The Hall–Kier alpha value is -3.44. The number of primary amides is 1. The van der Waals surface area contributed by atoms with Gasteiger partial charge in [0.2, 0.25) is 23.6 Å². The third-order valence-corrected chi connectivity index (χ3v) is 20.6. The molecule has 1 saturated heterocycles. The molecule has 12 nitrogen and oxygen atoms in total. The van der Waals surface area contributed by atoms with Crippen molar-refractivity contribution < 1.29 is 38.2 Å². The van der Waals surface area contributed by atoms with E-state index in [2.05, 4.69) is 48.9 Å². The molecule has 7 fully saturated rings. The first kappa shape index (κ1) is 43.2. The lowest BCUT2D eigenvalue weighted by Crippen LogP contribution is -2.77. The summed E-state index contributed by atoms with van der Waals surface area (Å²) in [5.74, 6) is 0.407. The first-order valence-electron chi connectivity index (χ1n) is 23.3. The number of ether oxygens (including phenoxy) is 2. The number of carbonyl (C=O) groups excluding carboxylic acids is 6. The maximum absolute atomic E-state index is 14.4. The number of nitrogens with two attached hydrogens (primary N) is 1. The second kappa shape index (κ2) is 15.1. The maximum atomic E-state index is 14.4. The fourth-order valence-corrected chi connectivity index (χ4v) is 17.6. The molecule has 60 heavy (non-hydrogen) atoms. The van der Waals surface area contributed by atoms with E-state index in [4.69, 9.17) is 15.2 Å². The van der Waals surface area contributed by atoms with Gasteiger partial charge in [-0.3, -0.25) is 28.8 Å². The van der Waals surface area contributed by atoms with Crippen LogP contribution < -0.4 is 11.1 Å². The van der Waals surface area contributed by atoms with E-state index >= 15 is 0 Å². The normalized spacial score (nSPS) is 45.9. The summed E-state index contributed by atoms with van der Waals surface area (Å²) in [5, 5.41) is 3.07. The van der Waals surface area contributed by atoms with E-state index in [9.17, 15) is 28.8 Å². The van der Waals surface area contributed by atoms with Crippen molar-refractivity contribution in [3.63, 3.8) is 0 Å². The molecule has 12 heteroatoms. The molecule has 0 aromatic carbocycles. The van der Waals surface area contributed by atoms with E-state index in [0.29, 0.717) is 60.8 Å². The molecule has 0 aromatic heterocycles. The molecule has 0 radical (unpaired) electrons. The smallest absolute Gasteiger partial charge is 0.318 e. The number of rotatable bonds is 9. The van der Waals surface area contributed by atoms with Crippen LogP contribution in [0.15, 0.2) is 12.2 Å². The molecular weight excluding hydrogens is 761 g/mol. The van der Waals surface area contributed by atoms with Gasteiger partial charge in [-0.25, -0.2) is 0 Å². The molecule has 16 atom stereocenters. The molecule has 8 aliphatic rings. The first-order chi connectivity index (χ1) is 28.3. The average Bonchev–Trinajstić information content (AvgIpc) is 3.74. The molecule has 4 amide bonds. The molecular formula is C48H72N4O8. The standard InChI is InChI=1S/C48H72N4O8/c1-44-19-16-34-30(33(44)12-9-27(44)23-31(42(49)57)43(58)60-8)15-22-48(46(34,3)21-18-39(54)52(48)6)36-24-40(55)51(5)37-14-11-29-32-13-10-28(26-50-38(53)25-41(56)59-7)45(32,2)20-17-35(29)47(36,37)4/h18,21,27-37H,9-17,19-20,22-26H2,1-8H3,(H2,49,57)(H,50,53)/t27?,28?,29-,30-,31?,32-,33-,34+,35+,36?,37?,44+,45+,46+,47-,48?/m0/s1. The van der Waals surface area contributed by atoms with Crippen LogP contribution in [-0.4, -0.2) is 91.8 Å². The van der Waals surface area contributed by atoms with Crippen LogP contribution in [0.3, 0.4) is 0 Å². The zero-order valence-electron chi connectivity index (χ0n) is 37.6. The summed E-state index contributed by atoms with van der Waals surface area (Å²) in [7, 11) is 6.69. The van der Waals surface area contributed by atoms with Crippen molar-refractivity contribution in [3.05, 3.63) is 12.2 Å². The summed E-state index contributed by atoms with van der Waals surface area (Å²) >= 11 is 0. The highest BCUT2D eigenvalue weighted by molar-refractivity contribution is 5.97. The number of carbonyl (C=O) groups is 6. The van der Waals surface area contributed by atoms with E-state index in [0.717, 1.165) is 77.0 Å². The van der Waals surface area contributed by atoms with Gasteiger partial charge >= 0.3 is 11.9 Å². The number of esters is 2. The lowest BCUT2D eigenvalue weighted by Gasteiger charge is -2.73. The third kappa shape index (κ3) is 6.00. The number of hydrogen-bond acceptors (Lipinski definition) is 8. The Balaban J connectivity index is 1.11. The van der Waals surface area contributed by atoms with Crippen LogP contribution in [0.25, 0.3) is 0 Å². The Morgan fingerprint density at radius 3 is 2.08 bits per heavy atom. The Morgan fingerprint density at radius 2 is 1.43 bits per heavy atom. The maximum Gasteiger partial charge on any atom is 0.318 e. The first-order valence-corrected chi connectivity index (χ1v) is 23.3. The van der Waals surface area contributed by atoms with E-state index < -0.39 is 29.3 Å². The van der Waals surface area contributed by atoms with Gasteiger partial charge in [-0.05, 0) is 159 Å². The van der Waals surface area contributed by atoms with E-state index in [1.54, 1.807) is 0 Å². The number of likely N-dealkylation sites (N-methyl/N-ethyl adjacent to an activating group) is 1. The van der Waals surface area contributed by atoms with Gasteiger partial charge in [0.15, 0.2) is 0 Å². The van der Waals surface area contributed by atoms with Crippen LogP contribution in [0.4, 0.5) is 0 Å². The minimum absolute atomic E-state index is 0.0171. The zero-order chi connectivity index (χ0) is 43.3. The number of hydrogen-bond donors (Lipinski definition) is 2. The monoisotopic (exact) mass is 833 g/mol. The molecule has 2 heterocycles. The van der Waals surface area contributed by atoms with Crippen LogP contribution >= 0.6 is 0 Å². The quantitative estimate of drug-likeness (QED) is 0.222. The summed E-state index contributed by atoms with van der Waals surface area (Å²) in [6.45, 7) is 10.4. The van der Waals surface area contributed by atoms with Gasteiger partial charge in [-0.2, -0.15) is 0 Å². The van der Waals surface area contributed by atoms with E-state index in [1.165, 1.54) is 14.2 Å². The lowest BCUT2D eigenvalue weighted by atomic mass is 9.36. The van der Waals surface area contributed by atoms with Gasteiger partial charge in [0, 0.05) is 38.5 Å². The van der Waals surface area contributed by atoms with Crippen molar-refractivity contribution >= 4 is 35.6 Å². The molecule has 2 aliphatic heterocycles. The van der Waals surface area contributed by atoms with Gasteiger partial charge in [-0.1, -0.05) is 33.8 Å². The average molecular weight is 833 g/mol. The molecule has 8 rings (SSSR count). The number of piperidine rings is 1. The second-order valence-corrected chi connectivity index (χ2v) is 21.9. The number of methoxy groups -OCH3 is 2. The Labute approximate surface area is 357 Å². The fourth-order valence-electron chi connectivity index (χ4n) is 17.6. The fraction of sp³-hybridized carbons (Fsp3) is 0.833. The van der Waals surface area contributed by atoms with Crippen LogP contribution in [-0.2, 0) is 38.2 Å². The minimum Gasteiger partial charge on any atom is -0.469 e. The van der Waals surface area contributed by atoms with Gasteiger partial charge in [0.1, 0.15) is 12.3 Å². The number of fused-ring (bicyclic) bond motifs is 10. The van der Waals surface area contributed by atoms with Gasteiger partial charge in [0.05, 0.1) is 19.8 Å². The summed E-state index contributed by atoms with van der Waals surface area (Å²) < 4.78 is 9.75. The third-order valence-electron chi connectivity index (χ3n) is 20.6. The highest BCUT2D eigenvalue weighted by atomic mass is 16.5. The molecule has 3 N–H and O–H groups in total. The SMILES string of the molecule is COC(=O)CC(=O)NCC1CC[C@H]2[C@@H]3CCC4N(C)C(=O)CC(C56CC[C@@H]7[C@@H](CC[C@]8(C)C(CC(C(N)=O)C(=O)OC)CC[C@@H]78)[C@@]5(C)C=CC(=O)N6C)[C@]4(C)[C@@H]3CC[C@]12C. The van der Waals surface area contributed by atoms with Crippen molar-refractivity contribution in [1.82, 2.24) is 15.1 Å². The largest absolute Gasteiger partial charge is 0.469 e. The number of nitrogens with one attached hydrogen (secondary N) is 1. The summed E-state index contributed by atoms with van der Waals surface area (Å²) in [6, 6.07) is 0.0909. The molecule has 6 unspecified atom stereocenters. The molecule has 0 spiro atoms. The van der Waals surface area contributed by atoms with Crippen LogP contribution in [0.1, 0.15) is 124 Å². The molecule has 6 saturated carbocycles. The summed E-state index contributed by atoms with van der Waals surface area (Å²) in [6.07, 6.45) is 16.8. The topological polar surface area (TPSA) is 165 Å². The predicted octanol–water partition coefficient (Wildman–Crippen LogP) is 5.66. The predicted molar refractivity (Wildman–Crippen MR) is 224 cm³/mol. The summed E-state index contributed by atoms with van der Waals surface area (Å²) in [4.78, 5) is 82.5. The molecule has 0 aromatic rings. The highest BCUT2D eigenvalue weighted by Gasteiger charge is 2.74. The number of amides is 4. The van der Waals surface area contributed by atoms with Crippen molar-refractivity contribution in [1.29, 1.82) is 0 Å². The molecule has 0 bridgehead atoms. The second-order valence-electron chi connectivity index (χ2n) is 21.9. The van der Waals surface area contributed by atoms with Crippen molar-refractivity contribution in [3.8, 4) is 0 Å². The van der Waals surface area contributed by atoms with Crippen molar-refractivity contribution in [2.45, 2.75) is 136 Å². The Morgan fingerprint density at radius 1 is 0.800 bits per heavy atom. The van der Waals surface area contributed by atoms with E-state index in [1.807, 2.05) is 20.2 Å². The van der Waals surface area contributed by atoms with Gasteiger partial charge < -0.3 is 30.3 Å². The molecule has 332 valence electrons. The van der Waals surface area contributed by atoms with Gasteiger partial charge in [-0.15, -0.1) is 0 Å². The minimum atomic E-state index is -0.938. The van der Waals surface area contributed by atoms with Crippen molar-refractivity contribution in [2.75, 3.05) is 34.9 Å². The van der Waals surface area contributed by atoms with Crippen LogP contribution in [0.5, 0.6) is 0 Å². The van der Waals surface area contributed by atoms with Crippen molar-refractivity contribution in [2.24, 2.45) is 86.6 Å². The van der Waals surface area contributed by atoms with Gasteiger partial charge in [0.25, 0.3) is 0 Å². The number of nitrogens with zero attached hydrogens (tertiary/aromatic N) is 2. The highest BCUT2D eigenvalue weighted by Crippen LogP contribution is 2.74. The lowest BCUT2D eigenvalue weighted by molar-refractivity contribution is -0.227. The van der Waals surface area contributed by atoms with Crippen LogP contribution in [0, 0.1) is 80.8 Å². The summed E-state index contributed by atoms with van der Waals surface area (Å²) in [5.41, 5.74) is 4.70. The Bertz CT molecular complexity index is 1840. The van der Waals surface area contributed by atoms with E-state index in [-0.39, 0.29) is 63.7 Å². The Kier molecular flexibility index (Phi) is 10.9. The van der Waals surface area contributed by atoms with Crippen LogP contribution in [0.2, 0.25) is 0 Å². The molecule has 6 aliphatic carbocycles.